The lowest BCUT2D eigenvalue weighted by Crippen LogP contribution is -2.35. The maximum atomic E-state index is 12.3. The van der Waals surface area contributed by atoms with Crippen molar-refractivity contribution in [3.05, 3.63) is 28.8 Å². The molecule has 0 aliphatic heterocycles. The molecule has 1 aromatic carbocycles. The standard InChI is InChI=1S/C18H27ClN2O2/c1-12(2)15-10-16(15)18(23)21(4)8-7-20(3)11-13-9-14(22)5-6-17(13)19/h5-6,9,12,15-16,22H,7-8,10-11H2,1-4H3/t15-,16+/m0/s1. The van der Waals surface area contributed by atoms with Crippen molar-refractivity contribution in [1.82, 2.24) is 9.80 Å². The first kappa shape index (κ1) is 18.1. The first-order valence-electron chi connectivity index (χ1n) is 8.20. The largest absolute Gasteiger partial charge is 0.508 e. The number of carbonyl (C=O) groups is 1. The Morgan fingerprint density at radius 1 is 1.35 bits per heavy atom. The van der Waals surface area contributed by atoms with E-state index in [-0.39, 0.29) is 17.6 Å². The van der Waals surface area contributed by atoms with Crippen LogP contribution in [0.4, 0.5) is 0 Å². The van der Waals surface area contributed by atoms with Gasteiger partial charge in [-0.1, -0.05) is 25.4 Å². The highest BCUT2D eigenvalue weighted by Gasteiger charge is 2.45. The van der Waals surface area contributed by atoms with Crippen molar-refractivity contribution in [1.29, 1.82) is 0 Å². The summed E-state index contributed by atoms with van der Waals surface area (Å²) in [6.45, 7) is 6.49. The first-order chi connectivity index (χ1) is 10.8. The molecule has 0 heterocycles. The maximum absolute atomic E-state index is 12.3. The van der Waals surface area contributed by atoms with Gasteiger partial charge >= 0.3 is 0 Å². The summed E-state index contributed by atoms with van der Waals surface area (Å²) in [5, 5.41) is 10.2. The van der Waals surface area contributed by atoms with Gasteiger partial charge in [0, 0.05) is 37.6 Å². The molecule has 1 amide bonds. The molecule has 0 unspecified atom stereocenters. The van der Waals surface area contributed by atoms with Gasteiger partial charge in [0.15, 0.2) is 0 Å². The molecule has 0 bridgehead atoms. The van der Waals surface area contributed by atoms with E-state index < -0.39 is 0 Å². The van der Waals surface area contributed by atoms with Gasteiger partial charge in [0.25, 0.3) is 0 Å². The molecule has 1 aliphatic rings. The molecule has 23 heavy (non-hydrogen) atoms. The average molecular weight is 339 g/mol. The van der Waals surface area contributed by atoms with Gasteiger partial charge in [-0.2, -0.15) is 0 Å². The Hall–Kier alpha value is -1.26. The monoisotopic (exact) mass is 338 g/mol. The molecule has 2 rings (SSSR count). The average Bonchev–Trinajstić information content (AvgIpc) is 3.28. The van der Waals surface area contributed by atoms with Crippen molar-refractivity contribution in [3.8, 4) is 5.75 Å². The van der Waals surface area contributed by atoms with Crippen LogP contribution in [0.5, 0.6) is 5.75 Å². The van der Waals surface area contributed by atoms with Crippen LogP contribution in [0.15, 0.2) is 18.2 Å². The second-order valence-corrected chi connectivity index (χ2v) is 7.43. The fourth-order valence-electron chi connectivity index (χ4n) is 3.00. The van der Waals surface area contributed by atoms with Crippen molar-refractivity contribution in [3.63, 3.8) is 0 Å². The van der Waals surface area contributed by atoms with E-state index in [4.69, 9.17) is 11.6 Å². The van der Waals surface area contributed by atoms with Gasteiger partial charge in [-0.05, 0) is 49.1 Å². The Kier molecular flexibility index (Phi) is 5.93. The number of hydrogen-bond donors (Lipinski definition) is 1. The summed E-state index contributed by atoms with van der Waals surface area (Å²) >= 11 is 6.15. The molecule has 2 atom stereocenters. The van der Waals surface area contributed by atoms with Crippen LogP contribution < -0.4 is 0 Å². The SMILES string of the molecule is CC(C)[C@@H]1C[C@H]1C(=O)N(C)CCN(C)Cc1cc(O)ccc1Cl. The molecule has 0 aromatic heterocycles. The molecule has 1 saturated carbocycles. The minimum Gasteiger partial charge on any atom is -0.508 e. The van der Waals surface area contributed by atoms with Crippen LogP contribution >= 0.6 is 11.6 Å². The second kappa shape index (κ2) is 7.54. The lowest BCUT2D eigenvalue weighted by Gasteiger charge is -2.23. The highest BCUT2D eigenvalue weighted by molar-refractivity contribution is 6.31. The second-order valence-electron chi connectivity index (χ2n) is 7.02. The van der Waals surface area contributed by atoms with Gasteiger partial charge in [0.1, 0.15) is 5.75 Å². The summed E-state index contributed by atoms with van der Waals surface area (Å²) in [7, 11) is 3.87. The van der Waals surface area contributed by atoms with Crippen LogP contribution in [0.25, 0.3) is 0 Å². The minimum atomic E-state index is 0.221. The summed E-state index contributed by atoms with van der Waals surface area (Å²) < 4.78 is 0. The van der Waals surface area contributed by atoms with Crippen LogP contribution in [0.3, 0.4) is 0 Å². The normalized spacial score (nSPS) is 20.1. The molecule has 0 spiro atoms. The fourth-order valence-corrected chi connectivity index (χ4v) is 3.18. The van der Waals surface area contributed by atoms with Gasteiger partial charge in [0.05, 0.1) is 0 Å². The molecular weight excluding hydrogens is 312 g/mol. The highest BCUT2D eigenvalue weighted by atomic mass is 35.5. The number of amides is 1. The van der Waals surface area contributed by atoms with Crippen LogP contribution in [-0.4, -0.2) is 48.0 Å². The van der Waals surface area contributed by atoms with Crippen LogP contribution in [-0.2, 0) is 11.3 Å². The zero-order chi connectivity index (χ0) is 17.1. The number of carbonyl (C=O) groups excluding carboxylic acids is 1. The molecule has 5 heteroatoms. The Morgan fingerprint density at radius 2 is 2.04 bits per heavy atom. The Balaban J connectivity index is 1.79. The molecule has 1 aliphatic carbocycles. The summed E-state index contributed by atoms with van der Waals surface area (Å²) in [6.07, 6.45) is 1.04. The summed E-state index contributed by atoms with van der Waals surface area (Å²) in [6, 6.07) is 4.97. The van der Waals surface area contributed by atoms with E-state index >= 15 is 0 Å². The van der Waals surface area contributed by atoms with Crippen molar-refractivity contribution < 1.29 is 9.90 Å². The van der Waals surface area contributed by atoms with E-state index in [2.05, 4.69) is 18.7 Å². The van der Waals surface area contributed by atoms with Crippen LogP contribution in [0, 0.1) is 17.8 Å². The third-order valence-corrected chi connectivity index (χ3v) is 5.04. The van der Waals surface area contributed by atoms with Crippen molar-refractivity contribution >= 4 is 17.5 Å². The van der Waals surface area contributed by atoms with Crippen molar-refractivity contribution in [2.24, 2.45) is 17.8 Å². The predicted octanol–water partition coefficient (Wildman–Crippen LogP) is 3.23. The Morgan fingerprint density at radius 3 is 2.65 bits per heavy atom. The van der Waals surface area contributed by atoms with Gasteiger partial charge in [0.2, 0.25) is 5.91 Å². The third kappa shape index (κ3) is 4.85. The lowest BCUT2D eigenvalue weighted by atomic mass is 10.1. The van der Waals surface area contributed by atoms with E-state index in [0.29, 0.717) is 29.9 Å². The summed E-state index contributed by atoms with van der Waals surface area (Å²) in [5.74, 6) is 1.87. The van der Waals surface area contributed by atoms with E-state index in [9.17, 15) is 9.90 Å². The molecular formula is C18H27ClN2O2. The quantitative estimate of drug-likeness (QED) is 0.830. The number of aromatic hydroxyl groups is 1. The smallest absolute Gasteiger partial charge is 0.225 e. The summed E-state index contributed by atoms with van der Waals surface area (Å²) in [5.41, 5.74) is 0.894. The number of halogens is 1. The topological polar surface area (TPSA) is 43.8 Å². The molecule has 4 nitrogen and oxygen atoms in total. The van der Waals surface area contributed by atoms with Crippen molar-refractivity contribution in [2.45, 2.75) is 26.8 Å². The minimum absolute atomic E-state index is 0.221. The number of nitrogens with zero attached hydrogens (tertiary/aromatic N) is 2. The van der Waals surface area contributed by atoms with Gasteiger partial charge in [-0.15, -0.1) is 0 Å². The molecule has 1 aromatic rings. The van der Waals surface area contributed by atoms with Crippen LogP contribution in [0.2, 0.25) is 5.02 Å². The zero-order valence-electron chi connectivity index (χ0n) is 14.4. The van der Waals surface area contributed by atoms with E-state index in [1.807, 2.05) is 19.0 Å². The Bertz CT molecular complexity index is 562. The van der Waals surface area contributed by atoms with Crippen LogP contribution in [0.1, 0.15) is 25.8 Å². The molecule has 128 valence electrons. The molecule has 1 fully saturated rings. The third-order valence-electron chi connectivity index (χ3n) is 4.68. The first-order valence-corrected chi connectivity index (χ1v) is 8.58. The van der Waals surface area contributed by atoms with Crippen molar-refractivity contribution in [2.75, 3.05) is 27.2 Å². The number of phenolic OH excluding ortho intramolecular Hbond substituents is 1. The zero-order valence-corrected chi connectivity index (χ0v) is 15.2. The number of benzene rings is 1. The lowest BCUT2D eigenvalue weighted by molar-refractivity contribution is -0.131. The number of hydrogen-bond acceptors (Lipinski definition) is 3. The maximum Gasteiger partial charge on any atom is 0.225 e. The predicted molar refractivity (Wildman–Crippen MR) is 93.5 cm³/mol. The fraction of sp³-hybridized carbons (Fsp3) is 0.611. The van der Waals surface area contributed by atoms with E-state index in [0.717, 1.165) is 18.5 Å². The van der Waals surface area contributed by atoms with E-state index in [1.165, 1.54) is 0 Å². The molecule has 0 radical (unpaired) electrons. The highest BCUT2D eigenvalue weighted by Crippen LogP contribution is 2.45. The number of rotatable bonds is 7. The van der Waals surface area contributed by atoms with Gasteiger partial charge in [-0.25, -0.2) is 0 Å². The van der Waals surface area contributed by atoms with Gasteiger partial charge in [-0.3, -0.25) is 4.79 Å². The van der Waals surface area contributed by atoms with E-state index in [1.54, 1.807) is 18.2 Å². The summed E-state index contributed by atoms with van der Waals surface area (Å²) in [4.78, 5) is 16.3. The number of phenols is 1. The Labute approximate surface area is 144 Å². The molecule has 1 N–H and O–H groups in total. The van der Waals surface area contributed by atoms with Gasteiger partial charge < -0.3 is 14.9 Å². The molecule has 0 saturated heterocycles. The number of likely N-dealkylation sites (N-methyl/N-ethyl adjacent to an activating group) is 2.